The molecule has 33 heavy (non-hydrogen) atoms. The molecule has 3 rings (SSSR count). The van der Waals surface area contributed by atoms with E-state index in [0.717, 1.165) is 12.1 Å². The SMILES string of the molecule is CCOc1ccc(C(=O)Nc2ccc(Cl)c(C(F)(F)F)c2)cc1COc1cccc(OC)c1. The van der Waals surface area contributed by atoms with Crippen LogP contribution in [-0.4, -0.2) is 19.6 Å². The quantitative estimate of drug-likeness (QED) is 0.395. The van der Waals surface area contributed by atoms with Crippen LogP contribution in [0.25, 0.3) is 0 Å². The van der Waals surface area contributed by atoms with Crippen LogP contribution < -0.4 is 19.5 Å². The average molecular weight is 480 g/mol. The maximum Gasteiger partial charge on any atom is 0.417 e. The van der Waals surface area contributed by atoms with E-state index in [1.807, 2.05) is 6.92 Å². The van der Waals surface area contributed by atoms with Crippen molar-refractivity contribution in [2.24, 2.45) is 0 Å². The van der Waals surface area contributed by atoms with Gasteiger partial charge in [0.2, 0.25) is 0 Å². The van der Waals surface area contributed by atoms with Gasteiger partial charge in [-0.05, 0) is 55.5 Å². The lowest BCUT2D eigenvalue weighted by atomic mass is 10.1. The van der Waals surface area contributed by atoms with Crippen LogP contribution in [0, 0.1) is 0 Å². The van der Waals surface area contributed by atoms with Crippen LogP contribution in [0.2, 0.25) is 5.02 Å². The van der Waals surface area contributed by atoms with Gasteiger partial charge in [0.1, 0.15) is 23.9 Å². The lowest BCUT2D eigenvalue weighted by Crippen LogP contribution is -2.14. The molecule has 1 amide bonds. The van der Waals surface area contributed by atoms with Crippen LogP contribution in [0.4, 0.5) is 18.9 Å². The lowest BCUT2D eigenvalue weighted by molar-refractivity contribution is -0.137. The number of hydrogen-bond donors (Lipinski definition) is 1. The third kappa shape index (κ3) is 6.32. The standard InChI is InChI=1S/C24H21ClF3NO4/c1-3-32-22-10-7-15(11-16(22)14-33-19-6-4-5-18(13-19)31-2)23(30)29-17-8-9-21(25)20(12-17)24(26,27)28/h4-13H,3,14H2,1-2H3,(H,29,30). The van der Waals surface area contributed by atoms with Crippen molar-refractivity contribution in [2.45, 2.75) is 19.7 Å². The van der Waals surface area contributed by atoms with Crippen LogP contribution in [0.1, 0.15) is 28.4 Å². The number of anilines is 1. The molecule has 0 aliphatic rings. The van der Waals surface area contributed by atoms with Gasteiger partial charge in [-0.25, -0.2) is 0 Å². The minimum absolute atomic E-state index is 0.0280. The Morgan fingerprint density at radius 3 is 2.45 bits per heavy atom. The van der Waals surface area contributed by atoms with Crippen LogP contribution in [0.15, 0.2) is 60.7 Å². The minimum atomic E-state index is -4.64. The van der Waals surface area contributed by atoms with Crippen molar-refractivity contribution in [3.8, 4) is 17.2 Å². The minimum Gasteiger partial charge on any atom is -0.497 e. The zero-order valence-corrected chi connectivity index (χ0v) is 18.6. The molecule has 0 saturated carbocycles. The summed E-state index contributed by atoms with van der Waals surface area (Å²) in [4.78, 5) is 12.7. The molecular weight excluding hydrogens is 459 g/mol. The molecule has 3 aromatic rings. The highest BCUT2D eigenvalue weighted by molar-refractivity contribution is 6.31. The Balaban J connectivity index is 1.81. The van der Waals surface area contributed by atoms with Gasteiger partial charge in [0.25, 0.3) is 5.91 Å². The number of nitrogens with one attached hydrogen (secondary N) is 1. The fourth-order valence-corrected chi connectivity index (χ4v) is 3.23. The number of ether oxygens (including phenoxy) is 3. The van der Waals surface area contributed by atoms with E-state index >= 15 is 0 Å². The largest absolute Gasteiger partial charge is 0.497 e. The van der Waals surface area contributed by atoms with E-state index in [0.29, 0.717) is 29.4 Å². The van der Waals surface area contributed by atoms with Crippen LogP contribution in [0.5, 0.6) is 17.2 Å². The summed E-state index contributed by atoms with van der Waals surface area (Å²) >= 11 is 5.64. The lowest BCUT2D eigenvalue weighted by Gasteiger charge is -2.14. The molecule has 0 aromatic heterocycles. The first-order valence-electron chi connectivity index (χ1n) is 9.92. The van der Waals surface area contributed by atoms with Crippen molar-refractivity contribution in [1.29, 1.82) is 0 Å². The number of methoxy groups -OCH3 is 1. The number of alkyl halides is 3. The second-order valence-corrected chi connectivity index (χ2v) is 7.28. The van der Waals surface area contributed by atoms with E-state index in [2.05, 4.69) is 5.32 Å². The van der Waals surface area contributed by atoms with Crippen molar-refractivity contribution in [1.82, 2.24) is 0 Å². The van der Waals surface area contributed by atoms with Gasteiger partial charge in [-0.2, -0.15) is 13.2 Å². The van der Waals surface area contributed by atoms with E-state index in [-0.39, 0.29) is 17.9 Å². The number of hydrogen-bond acceptors (Lipinski definition) is 4. The van der Waals surface area contributed by atoms with Crippen LogP contribution in [-0.2, 0) is 12.8 Å². The van der Waals surface area contributed by atoms with E-state index in [9.17, 15) is 18.0 Å². The van der Waals surface area contributed by atoms with Crippen molar-refractivity contribution in [2.75, 3.05) is 19.0 Å². The summed E-state index contributed by atoms with van der Waals surface area (Å²) in [5.41, 5.74) is -0.230. The summed E-state index contributed by atoms with van der Waals surface area (Å²) in [7, 11) is 1.55. The van der Waals surface area contributed by atoms with E-state index in [1.54, 1.807) is 43.5 Å². The molecule has 9 heteroatoms. The summed E-state index contributed by atoms with van der Waals surface area (Å²) in [5, 5.41) is 2.02. The molecule has 0 radical (unpaired) electrons. The number of carbonyl (C=O) groups is 1. The summed E-state index contributed by atoms with van der Waals surface area (Å²) in [6.07, 6.45) is -4.64. The Kier molecular flexibility index (Phi) is 7.71. The number of amides is 1. The Morgan fingerprint density at radius 2 is 1.76 bits per heavy atom. The monoisotopic (exact) mass is 479 g/mol. The fraction of sp³-hybridized carbons (Fsp3) is 0.208. The molecule has 0 bridgehead atoms. The highest BCUT2D eigenvalue weighted by Crippen LogP contribution is 2.36. The molecule has 1 N–H and O–H groups in total. The Hall–Kier alpha value is -3.39. The third-order valence-corrected chi connectivity index (χ3v) is 4.92. The van der Waals surface area contributed by atoms with Gasteiger partial charge in [0.05, 0.1) is 24.3 Å². The van der Waals surface area contributed by atoms with Gasteiger partial charge in [-0.1, -0.05) is 17.7 Å². The molecule has 3 aromatic carbocycles. The summed E-state index contributed by atoms with van der Waals surface area (Å²) in [6, 6.07) is 14.9. The third-order valence-electron chi connectivity index (χ3n) is 4.59. The first-order chi connectivity index (χ1) is 15.7. The van der Waals surface area contributed by atoms with Gasteiger partial charge < -0.3 is 19.5 Å². The van der Waals surface area contributed by atoms with Crippen molar-refractivity contribution < 1.29 is 32.2 Å². The predicted octanol–water partition coefficient (Wildman–Crippen LogP) is 6.60. The van der Waals surface area contributed by atoms with Gasteiger partial charge >= 0.3 is 6.18 Å². The normalized spacial score (nSPS) is 11.1. The second kappa shape index (κ2) is 10.5. The van der Waals surface area contributed by atoms with E-state index in [4.69, 9.17) is 25.8 Å². The summed E-state index contributed by atoms with van der Waals surface area (Å²) in [6.45, 7) is 2.33. The van der Waals surface area contributed by atoms with Crippen molar-refractivity contribution in [3.05, 3.63) is 82.4 Å². The summed E-state index contributed by atoms with van der Waals surface area (Å²) < 4.78 is 55.9. The Bertz CT molecular complexity index is 1130. The highest BCUT2D eigenvalue weighted by atomic mass is 35.5. The number of benzene rings is 3. The molecule has 0 fully saturated rings. The van der Waals surface area contributed by atoms with E-state index < -0.39 is 22.7 Å². The zero-order chi connectivity index (χ0) is 24.0. The molecule has 5 nitrogen and oxygen atoms in total. The number of halogens is 4. The molecule has 0 saturated heterocycles. The molecule has 0 aliphatic heterocycles. The maximum atomic E-state index is 13.1. The van der Waals surface area contributed by atoms with Crippen LogP contribution in [0.3, 0.4) is 0 Å². The maximum absolute atomic E-state index is 13.1. The predicted molar refractivity (Wildman–Crippen MR) is 119 cm³/mol. The van der Waals surface area contributed by atoms with Crippen molar-refractivity contribution >= 4 is 23.2 Å². The smallest absolute Gasteiger partial charge is 0.417 e. The Labute approximate surface area is 194 Å². The topological polar surface area (TPSA) is 56.8 Å². The fourth-order valence-electron chi connectivity index (χ4n) is 3.01. The van der Waals surface area contributed by atoms with Crippen LogP contribution >= 0.6 is 11.6 Å². The molecule has 0 heterocycles. The zero-order valence-electron chi connectivity index (χ0n) is 17.8. The molecule has 174 valence electrons. The molecule has 0 unspecified atom stereocenters. The van der Waals surface area contributed by atoms with Gasteiger partial charge in [-0.15, -0.1) is 0 Å². The Morgan fingerprint density at radius 1 is 1.00 bits per heavy atom. The van der Waals surface area contributed by atoms with E-state index in [1.165, 1.54) is 12.1 Å². The summed E-state index contributed by atoms with van der Waals surface area (Å²) in [5.74, 6) is 1.14. The van der Waals surface area contributed by atoms with Gasteiger partial charge in [0, 0.05) is 22.9 Å². The molecule has 0 spiro atoms. The molecule has 0 aliphatic carbocycles. The highest BCUT2D eigenvalue weighted by Gasteiger charge is 2.33. The van der Waals surface area contributed by atoms with Crippen molar-refractivity contribution in [3.63, 3.8) is 0 Å². The second-order valence-electron chi connectivity index (χ2n) is 6.87. The average Bonchev–Trinajstić information content (AvgIpc) is 2.79. The van der Waals surface area contributed by atoms with Gasteiger partial charge in [0.15, 0.2) is 0 Å². The number of carbonyl (C=O) groups excluding carboxylic acids is 1. The first kappa shape index (κ1) is 24.3. The van der Waals surface area contributed by atoms with Gasteiger partial charge in [-0.3, -0.25) is 4.79 Å². The molecular formula is C24H21ClF3NO4. The number of rotatable bonds is 8. The first-order valence-corrected chi connectivity index (χ1v) is 10.3. The molecule has 0 atom stereocenters.